The third kappa shape index (κ3) is 7.15. The number of piperidine rings is 2. The molecule has 7 nitrogen and oxygen atoms in total. The summed E-state index contributed by atoms with van der Waals surface area (Å²) in [5, 5.41) is 0.564. The van der Waals surface area contributed by atoms with Crippen LogP contribution in [0, 0.1) is 5.92 Å². The molecule has 2 saturated heterocycles. The van der Waals surface area contributed by atoms with Crippen molar-refractivity contribution in [3.63, 3.8) is 0 Å². The van der Waals surface area contributed by atoms with E-state index in [0.29, 0.717) is 34.4 Å². The van der Waals surface area contributed by atoms with E-state index in [1.165, 1.54) is 0 Å². The summed E-state index contributed by atoms with van der Waals surface area (Å²) >= 11 is 8.38. The van der Waals surface area contributed by atoms with Gasteiger partial charge in [-0.3, -0.25) is 0 Å². The third-order valence-electron chi connectivity index (χ3n) is 5.86. The Morgan fingerprint density at radius 2 is 1.80 bits per heavy atom. The average molecular weight is 571 g/mol. The molecule has 0 amide bonds. The Bertz CT molecular complexity index is 752. The van der Waals surface area contributed by atoms with Gasteiger partial charge in [-0.05, 0) is 44.4 Å². The van der Waals surface area contributed by atoms with E-state index >= 15 is 0 Å². The number of halogens is 2. The van der Waals surface area contributed by atoms with Gasteiger partial charge >= 0.3 is 0 Å². The maximum atomic E-state index is 12.2. The van der Waals surface area contributed by atoms with Gasteiger partial charge in [0.1, 0.15) is 0 Å². The van der Waals surface area contributed by atoms with Crippen LogP contribution in [0.15, 0.2) is 12.4 Å². The van der Waals surface area contributed by atoms with E-state index in [9.17, 15) is 8.42 Å². The molecule has 3 rings (SSSR count). The summed E-state index contributed by atoms with van der Waals surface area (Å²) in [4.78, 5) is 10.9. The smallest absolute Gasteiger partial charge is 0.225 e. The SMILES string of the molecule is CCCS(=O)(=O)N1CCC(OC[C@H](I)CC2CCN(c3ncc(Cl)cn3)CC2)CC1. The van der Waals surface area contributed by atoms with E-state index in [2.05, 4.69) is 37.5 Å². The Morgan fingerprint density at radius 1 is 1.17 bits per heavy atom. The number of hydrogen-bond acceptors (Lipinski definition) is 6. The lowest BCUT2D eigenvalue weighted by atomic mass is 9.92. The second-order valence-corrected chi connectivity index (χ2v) is 12.5. The van der Waals surface area contributed by atoms with Gasteiger partial charge in [-0.2, -0.15) is 0 Å². The minimum atomic E-state index is -3.08. The summed E-state index contributed by atoms with van der Waals surface area (Å²) in [7, 11) is -3.08. The fourth-order valence-electron chi connectivity index (χ4n) is 4.17. The van der Waals surface area contributed by atoms with Gasteiger partial charge in [0, 0.05) is 30.1 Å². The van der Waals surface area contributed by atoms with Gasteiger partial charge in [0.25, 0.3) is 0 Å². The van der Waals surface area contributed by atoms with Crippen molar-refractivity contribution >= 4 is 50.2 Å². The number of alkyl halides is 1. The van der Waals surface area contributed by atoms with Crippen molar-refractivity contribution < 1.29 is 13.2 Å². The molecule has 0 bridgehead atoms. The quantitative estimate of drug-likeness (QED) is 0.333. The van der Waals surface area contributed by atoms with Crippen LogP contribution in [0.5, 0.6) is 0 Å². The maximum absolute atomic E-state index is 12.2. The van der Waals surface area contributed by atoms with Crippen LogP contribution >= 0.6 is 34.2 Å². The van der Waals surface area contributed by atoms with E-state index < -0.39 is 10.0 Å². The van der Waals surface area contributed by atoms with Crippen LogP contribution in [0.25, 0.3) is 0 Å². The van der Waals surface area contributed by atoms with Gasteiger partial charge < -0.3 is 9.64 Å². The average Bonchev–Trinajstić information content (AvgIpc) is 2.74. The van der Waals surface area contributed by atoms with E-state index in [4.69, 9.17) is 16.3 Å². The predicted octanol–water partition coefficient (Wildman–Crippen LogP) is 3.76. The summed E-state index contributed by atoms with van der Waals surface area (Å²) < 4.78 is 32.6. The molecule has 0 aromatic carbocycles. The highest BCUT2D eigenvalue weighted by Crippen LogP contribution is 2.27. The molecule has 0 spiro atoms. The normalized spacial score (nSPS) is 21.1. The summed E-state index contributed by atoms with van der Waals surface area (Å²) in [6.45, 7) is 5.77. The van der Waals surface area contributed by atoms with Crippen molar-refractivity contribution in [2.24, 2.45) is 5.92 Å². The number of anilines is 1. The van der Waals surface area contributed by atoms with Gasteiger partial charge in [-0.25, -0.2) is 22.7 Å². The molecule has 10 heteroatoms. The first-order valence-corrected chi connectivity index (χ1v) is 14.1. The lowest BCUT2D eigenvalue weighted by Gasteiger charge is -2.33. The zero-order chi connectivity index (χ0) is 21.6. The van der Waals surface area contributed by atoms with Gasteiger partial charge in [0.2, 0.25) is 16.0 Å². The molecule has 0 aliphatic carbocycles. The van der Waals surface area contributed by atoms with E-state index in [-0.39, 0.29) is 11.9 Å². The highest BCUT2D eigenvalue weighted by Gasteiger charge is 2.28. The standard InChI is InChI=1S/C20H32ClIN4O3S/c1-2-11-30(27,28)26-9-5-19(6-10-26)29-15-18(22)12-16-3-7-25(8-4-16)20-23-13-17(21)14-24-20/h13-14,16,18-19H,2-12,15H2,1H3/t18-/m1/s1. The van der Waals surface area contributed by atoms with Crippen molar-refractivity contribution in [2.45, 2.75) is 55.5 Å². The molecule has 0 radical (unpaired) electrons. The molecular weight excluding hydrogens is 539 g/mol. The molecule has 0 saturated carbocycles. The van der Waals surface area contributed by atoms with Gasteiger partial charge in [0.05, 0.1) is 35.9 Å². The minimum absolute atomic E-state index is 0.180. The van der Waals surface area contributed by atoms with E-state index in [1.54, 1.807) is 16.7 Å². The van der Waals surface area contributed by atoms with Gasteiger partial charge in [0.15, 0.2) is 0 Å². The first-order chi connectivity index (χ1) is 14.4. The molecule has 0 unspecified atom stereocenters. The molecule has 2 aliphatic heterocycles. The van der Waals surface area contributed by atoms with Crippen molar-refractivity contribution in [1.82, 2.24) is 14.3 Å². The number of rotatable bonds is 9. The second kappa shape index (κ2) is 11.6. The number of sulfonamides is 1. The molecule has 1 aromatic heterocycles. The van der Waals surface area contributed by atoms with Gasteiger partial charge in [-0.1, -0.05) is 41.1 Å². The lowest BCUT2D eigenvalue weighted by Crippen LogP contribution is -2.42. The molecule has 2 aliphatic rings. The Labute approximate surface area is 199 Å². The van der Waals surface area contributed by atoms with Crippen LogP contribution in [0.4, 0.5) is 5.95 Å². The Hall–Kier alpha value is -0.230. The summed E-state index contributed by atoms with van der Waals surface area (Å²) in [6.07, 6.45) is 9.17. The first kappa shape index (κ1) is 24.4. The maximum Gasteiger partial charge on any atom is 0.225 e. The zero-order valence-electron chi connectivity index (χ0n) is 17.5. The van der Waals surface area contributed by atoms with Crippen molar-refractivity contribution in [2.75, 3.05) is 43.4 Å². The molecule has 30 heavy (non-hydrogen) atoms. The Morgan fingerprint density at radius 3 is 2.40 bits per heavy atom. The molecule has 0 N–H and O–H groups in total. The van der Waals surface area contributed by atoms with Crippen molar-refractivity contribution in [1.29, 1.82) is 0 Å². The number of hydrogen-bond donors (Lipinski definition) is 0. The topological polar surface area (TPSA) is 75.6 Å². The summed E-state index contributed by atoms with van der Waals surface area (Å²) in [6, 6.07) is 0. The van der Waals surface area contributed by atoms with E-state index in [1.807, 2.05) is 6.92 Å². The first-order valence-electron chi connectivity index (χ1n) is 10.8. The summed E-state index contributed by atoms with van der Waals surface area (Å²) in [5.74, 6) is 1.71. The summed E-state index contributed by atoms with van der Waals surface area (Å²) in [5.41, 5.74) is 0. The number of nitrogens with zero attached hydrogens (tertiary/aromatic N) is 4. The molecule has 2 fully saturated rings. The number of ether oxygens (including phenoxy) is 1. The fraction of sp³-hybridized carbons (Fsp3) is 0.800. The second-order valence-electron chi connectivity index (χ2n) is 8.21. The highest BCUT2D eigenvalue weighted by molar-refractivity contribution is 14.1. The van der Waals surface area contributed by atoms with Crippen LogP contribution in [0.1, 0.15) is 45.4 Å². The predicted molar refractivity (Wildman–Crippen MR) is 129 cm³/mol. The fourth-order valence-corrected chi connectivity index (χ4v) is 6.74. The van der Waals surface area contributed by atoms with Crippen LogP contribution in [-0.4, -0.2) is 71.3 Å². The third-order valence-corrected chi connectivity index (χ3v) is 9.00. The van der Waals surface area contributed by atoms with Crippen LogP contribution in [0.2, 0.25) is 5.02 Å². The lowest BCUT2D eigenvalue weighted by molar-refractivity contribution is 0.0215. The number of aromatic nitrogens is 2. The van der Waals surface area contributed by atoms with E-state index in [0.717, 1.165) is 57.7 Å². The Kier molecular flexibility index (Phi) is 9.42. The van der Waals surface area contributed by atoms with Crippen molar-refractivity contribution in [3.8, 4) is 0 Å². The molecular formula is C20H32ClIN4O3S. The van der Waals surface area contributed by atoms with Crippen LogP contribution in [0.3, 0.4) is 0 Å². The monoisotopic (exact) mass is 570 g/mol. The molecule has 1 atom stereocenters. The van der Waals surface area contributed by atoms with Crippen LogP contribution < -0.4 is 4.90 Å². The zero-order valence-corrected chi connectivity index (χ0v) is 21.3. The molecule has 3 heterocycles. The highest BCUT2D eigenvalue weighted by atomic mass is 127. The molecule has 1 aromatic rings. The molecule has 170 valence electrons. The van der Waals surface area contributed by atoms with Crippen LogP contribution in [-0.2, 0) is 14.8 Å². The largest absolute Gasteiger partial charge is 0.377 e. The Balaban J connectivity index is 1.33. The minimum Gasteiger partial charge on any atom is -0.377 e. The van der Waals surface area contributed by atoms with Crippen molar-refractivity contribution in [3.05, 3.63) is 17.4 Å². The van der Waals surface area contributed by atoms with Gasteiger partial charge in [-0.15, -0.1) is 0 Å².